The van der Waals surface area contributed by atoms with E-state index >= 15 is 0 Å². The molecular weight excluding hydrogens is 266 g/mol. The van der Waals surface area contributed by atoms with E-state index in [1.54, 1.807) is 0 Å². The number of esters is 1. The molecule has 7 nitrogen and oxygen atoms in total. The van der Waals surface area contributed by atoms with Crippen LogP contribution in [-0.4, -0.2) is 41.0 Å². The van der Waals surface area contributed by atoms with Gasteiger partial charge in [0.05, 0.1) is 6.61 Å². The fourth-order valence-corrected chi connectivity index (χ4v) is 1.51. The van der Waals surface area contributed by atoms with Crippen molar-refractivity contribution in [3.8, 4) is 0 Å². The summed E-state index contributed by atoms with van der Waals surface area (Å²) in [4.78, 5) is 25.9. The number of rotatable bonds is 7. The Balaban J connectivity index is 2.27. The normalized spacial score (nSPS) is 13.3. The summed E-state index contributed by atoms with van der Waals surface area (Å²) in [5.41, 5.74) is 1.09. The van der Waals surface area contributed by atoms with Crippen LogP contribution in [0.1, 0.15) is 12.0 Å². The number of carbonyl (C=O) groups is 2. The Labute approximate surface area is 115 Å². The summed E-state index contributed by atoms with van der Waals surface area (Å²) in [5, 5.41) is 18.5. The van der Waals surface area contributed by atoms with Gasteiger partial charge in [-0.3, -0.25) is 0 Å². The van der Waals surface area contributed by atoms with Crippen LogP contribution in [0.2, 0.25) is 0 Å². The van der Waals surface area contributed by atoms with Crippen molar-refractivity contribution in [2.45, 2.75) is 25.0 Å². The van der Waals surface area contributed by atoms with Crippen molar-refractivity contribution >= 4 is 11.9 Å². The van der Waals surface area contributed by atoms with Crippen LogP contribution in [0.3, 0.4) is 0 Å². The molecule has 110 valence electrons. The number of nitrogens with two attached hydrogens (primary N) is 1. The Morgan fingerprint density at radius 2 is 1.70 bits per heavy atom. The van der Waals surface area contributed by atoms with Crippen molar-refractivity contribution in [1.29, 1.82) is 0 Å². The Hall–Kier alpha value is -1.96. The number of ether oxygens (including phenoxy) is 1. The summed E-state index contributed by atoms with van der Waals surface area (Å²) in [6, 6.07) is 9.59. The fraction of sp³-hybridized carbons (Fsp3) is 0.385. The van der Waals surface area contributed by atoms with Crippen molar-refractivity contribution in [3.05, 3.63) is 35.9 Å². The highest BCUT2D eigenvalue weighted by Crippen LogP contribution is 2.04. The highest BCUT2D eigenvalue weighted by molar-refractivity contribution is 5.85. The van der Waals surface area contributed by atoms with Crippen molar-refractivity contribution in [1.82, 2.24) is 0 Å². The number of hydrogen-bond acceptors (Lipinski definition) is 7. The van der Waals surface area contributed by atoms with Gasteiger partial charge >= 0.3 is 11.9 Å². The first-order valence-electron chi connectivity index (χ1n) is 6.03. The molecule has 1 rings (SSSR count). The fourth-order valence-electron chi connectivity index (χ4n) is 1.51. The second kappa shape index (κ2) is 8.26. The van der Waals surface area contributed by atoms with Crippen LogP contribution in [0.15, 0.2) is 30.3 Å². The Morgan fingerprint density at radius 1 is 1.10 bits per heavy atom. The molecule has 20 heavy (non-hydrogen) atoms. The second-order valence-corrected chi connectivity index (χ2v) is 4.08. The summed E-state index contributed by atoms with van der Waals surface area (Å²) in [5.74, 6) is 2.12. The Morgan fingerprint density at radius 3 is 2.30 bits per heavy atom. The zero-order valence-corrected chi connectivity index (χ0v) is 10.8. The molecule has 1 aromatic carbocycles. The van der Waals surface area contributed by atoms with Gasteiger partial charge in [-0.2, -0.15) is 5.90 Å². The Bertz CT molecular complexity index is 436. The molecule has 0 aliphatic heterocycles. The van der Waals surface area contributed by atoms with E-state index in [0.29, 0.717) is 12.8 Å². The molecule has 2 atom stereocenters. The SMILES string of the molecule is NOC(=O)C(O)C(O)C(=O)OCCCc1ccccc1. The average Bonchev–Trinajstić information content (AvgIpc) is 2.50. The van der Waals surface area contributed by atoms with Gasteiger partial charge < -0.3 is 19.8 Å². The van der Waals surface area contributed by atoms with Crippen LogP contribution < -0.4 is 5.90 Å². The van der Waals surface area contributed by atoms with Gasteiger partial charge in [0.25, 0.3) is 0 Å². The van der Waals surface area contributed by atoms with Crippen LogP contribution >= 0.6 is 0 Å². The summed E-state index contributed by atoms with van der Waals surface area (Å²) in [7, 11) is 0. The number of benzene rings is 1. The highest BCUT2D eigenvalue weighted by atomic mass is 16.7. The van der Waals surface area contributed by atoms with Crippen LogP contribution in [0, 0.1) is 0 Å². The van der Waals surface area contributed by atoms with Gasteiger partial charge in [-0.1, -0.05) is 30.3 Å². The van der Waals surface area contributed by atoms with E-state index in [0.717, 1.165) is 5.56 Å². The van der Waals surface area contributed by atoms with Gasteiger partial charge in [-0.15, -0.1) is 0 Å². The maximum Gasteiger partial charge on any atom is 0.356 e. The monoisotopic (exact) mass is 283 g/mol. The molecule has 0 spiro atoms. The summed E-state index contributed by atoms with van der Waals surface area (Å²) < 4.78 is 4.74. The van der Waals surface area contributed by atoms with Crippen molar-refractivity contribution < 1.29 is 29.4 Å². The van der Waals surface area contributed by atoms with E-state index in [1.807, 2.05) is 30.3 Å². The minimum absolute atomic E-state index is 0.0647. The molecule has 4 N–H and O–H groups in total. The first-order valence-corrected chi connectivity index (χ1v) is 6.03. The molecule has 0 radical (unpaired) electrons. The van der Waals surface area contributed by atoms with Gasteiger partial charge in [-0.25, -0.2) is 9.59 Å². The smallest absolute Gasteiger partial charge is 0.356 e. The first kappa shape index (κ1) is 16.1. The Kier molecular flexibility index (Phi) is 6.65. The number of aryl methyl sites for hydroxylation is 1. The van der Waals surface area contributed by atoms with Gasteiger partial charge in [0.1, 0.15) is 0 Å². The summed E-state index contributed by atoms with van der Waals surface area (Å²) in [6.07, 6.45) is -2.80. The maximum absolute atomic E-state index is 11.3. The standard InChI is InChI=1S/C13H17NO6/c14-20-13(18)11(16)10(15)12(17)19-8-4-7-9-5-2-1-3-6-9/h1-3,5-6,10-11,15-16H,4,7-8,14H2. The first-order chi connectivity index (χ1) is 9.56. The lowest BCUT2D eigenvalue weighted by molar-refractivity contribution is -0.173. The zero-order chi connectivity index (χ0) is 15.0. The molecule has 0 aromatic heterocycles. The lowest BCUT2D eigenvalue weighted by atomic mass is 10.1. The maximum atomic E-state index is 11.3. The van der Waals surface area contributed by atoms with Gasteiger partial charge in [0, 0.05) is 0 Å². The van der Waals surface area contributed by atoms with Crippen molar-refractivity contribution in [2.75, 3.05) is 6.61 Å². The molecule has 0 fully saturated rings. The average molecular weight is 283 g/mol. The molecule has 0 amide bonds. The molecule has 0 heterocycles. The molecule has 1 aromatic rings. The molecule has 7 heteroatoms. The third-order valence-electron chi connectivity index (χ3n) is 2.60. The molecule has 0 aliphatic rings. The van der Waals surface area contributed by atoms with Crippen molar-refractivity contribution in [2.24, 2.45) is 5.90 Å². The summed E-state index contributed by atoms with van der Waals surface area (Å²) in [6.45, 7) is 0.0647. The third kappa shape index (κ3) is 4.96. The molecule has 0 aliphatic carbocycles. The van der Waals surface area contributed by atoms with Gasteiger partial charge in [0.15, 0.2) is 12.2 Å². The topological polar surface area (TPSA) is 119 Å². The minimum Gasteiger partial charge on any atom is -0.464 e. The van der Waals surface area contributed by atoms with E-state index in [1.165, 1.54) is 0 Å². The predicted octanol–water partition coefficient (Wildman–Crippen LogP) is -0.699. The molecule has 0 saturated carbocycles. The van der Waals surface area contributed by atoms with Crippen LogP contribution in [-0.2, 0) is 25.6 Å². The zero-order valence-electron chi connectivity index (χ0n) is 10.8. The lowest BCUT2D eigenvalue weighted by Gasteiger charge is -2.14. The highest BCUT2D eigenvalue weighted by Gasteiger charge is 2.32. The number of aliphatic hydroxyl groups excluding tert-OH is 2. The number of carbonyl (C=O) groups excluding carboxylic acids is 2. The third-order valence-corrected chi connectivity index (χ3v) is 2.60. The van der Waals surface area contributed by atoms with Crippen LogP contribution in [0.4, 0.5) is 0 Å². The number of hydrogen-bond donors (Lipinski definition) is 3. The largest absolute Gasteiger partial charge is 0.464 e. The molecule has 2 unspecified atom stereocenters. The van der Waals surface area contributed by atoms with E-state index in [4.69, 9.17) is 4.74 Å². The van der Waals surface area contributed by atoms with Crippen LogP contribution in [0.5, 0.6) is 0 Å². The predicted molar refractivity (Wildman–Crippen MR) is 68.0 cm³/mol. The van der Waals surface area contributed by atoms with Gasteiger partial charge in [-0.05, 0) is 18.4 Å². The van der Waals surface area contributed by atoms with Gasteiger partial charge in [0.2, 0.25) is 0 Å². The molecule has 0 bridgehead atoms. The second-order valence-electron chi connectivity index (χ2n) is 4.08. The minimum atomic E-state index is -2.05. The quantitative estimate of drug-likeness (QED) is 0.344. The van der Waals surface area contributed by atoms with Crippen molar-refractivity contribution in [3.63, 3.8) is 0 Å². The van der Waals surface area contributed by atoms with Crippen LogP contribution in [0.25, 0.3) is 0 Å². The molecular formula is C13H17NO6. The number of aliphatic hydroxyl groups is 2. The summed E-state index contributed by atoms with van der Waals surface area (Å²) >= 11 is 0. The lowest BCUT2D eigenvalue weighted by Crippen LogP contribution is -2.42. The van der Waals surface area contributed by atoms with E-state index in [2.05, 4.69) is 10.7 Å². The van der Waals surface area contributed by atoms with E-state index < -0.39 is 24.1 Å². The van der Waals surface area contributed by atoms with E-state index in [9.17, 15) is 19.8 Å². The molecule has 0 saturated heterocycles. The van der Waals surface area contributed by atoms with E-state index in [-0.39, 0.29) is 6.61 Å².